The molecular weight excluding hydrogens is 319 g/mol. The van der Waals surface area contributed by atoms with Gasteiger partial charge >= 0.3 is 19.8 Å². The van der Waals surface area contributed by atoms with Crippen LogP contribution < -0.4 is 0 Å². The van der Waals surface area contributed by atoms with Crippen molar-refractivity contribution in [2.75, 3.05) is 6.61 Å². The van der Waals surface area contributed by atoms with Gasteiger partial charge in [-0.2, -0.15) is 0 Å². The molecule has 1 atom stereocenters. The highest BCUT2D eigenvalue weighted by Crippen LogP contribution is 2.47. The first-order chi connectivity index (χ1) is 9.81. The number of rotatable bonds is 8. The zero-order valence-corrected chi connectivity index (χ0v) is 14.1. The van der Waals surface area contributed by atoms with Crippen molar-refractivity contribution in [2.24, 2.45) is 0 Å². The second-order valence-electron chi connectivity index (χ2n) is 4.55. The molecule has 130 valence electrons. The Hall–Kier alpha value is -1.25. The van der Waals surface area contributed by atoms with Crippen molar-refractivity contribution in [1.82, 2.24) is 0 Å². The standard InChI is InChI=1S/C8H19O5P.C4H4O4/c1-6-11-14(9,10)13-8(4,5)12-7(2)3;5-3(6)1-2-4(7)8/h7H,6H2,1-5H3,(H,9,10);1-2H,(H,5,6)(H,7,8)/b;2-1+. The Balaban J connectivity index is 0. The first-order valence-electron chi connectivity index (χ1n) is 6.31. The molecule has 0 radical (unpaired) electrons. The van der Waals surface area contributed by atoms with Crippen molar-refractivity contribution >= 4 is 19.8 Å². The molecule has 9 nitrogen and oxygen atoms in total. The van der Waals surface area contributed by atoms with Crippen molar-refractivity contribution in [3.05, 3.63) is 12.2 Å². The molecule has 10 heteroatoms. The number of phosphoric acid groups is 1. The number of phosphoric ester groups is 1. The summed E-state index contributed by atoms with van der Waals surface area (Å²) in [6.07, 6.45) is 1.02. The average molecular weight is 342 g/mol. The van der Waals surface area contributed by atoms with Gasteiger partial charge in [-0.05, 0) is 34.6 Å². The molecule has 0 aromatic carbocycles. The van der Waals surface area contributed by atoms with E-state index in [-0.39, 0.29) is 12.7 Å². The monoisotopic (exact) mass is 342 g/mol. The fourth-order valence-electron chi connectivity index (χ4n) is 1.20. The zero-order valence-electron chi connectivity index (χ0n) is 13.2. The maximum absolute atomic E-state index is 11.2. The van der Waals surface area contributed by atoms with Gasteiger partial charge in [-0.3, -0.25) is 9.05 Å². The fourth-order valence-corrected chi connectivity index (χ4v) is 2.18. The Morgan fingerprint density at radius 3 is 1.86 bits per heavy atom. The molecule has 0 aliphatic heterocycles. The van der Waals surface area contributed by atoms with E-state index >= 15 is 0 Å². The minimum atomic E-state index is -4.00. The Labute approximate surface area is 129 Å². The molecule has 0 bridgehead atoms. The summed E-state index contributed by atoms with van der Waals surface area (Å²) in [5.74, 6) is -3.65. The van der Waals surface area contributed by atoms with E-state index in [0.717, 1.165) is 0 Å². The summed E-state index contributed by atoms with van der Waals surface area (Å²) in [5, 5.41) is 15.6. The van der Waals surface area contributed by atoms with E-state index in [1.165, 1.54) is 0 Å². The zero-order chi connectivity index (χ0) is 18.0. The summed E-state index contributed by atoms with van der Waals surface area (Å²) in [6.45, 7) is 8.49. The fraction of sp³-hybridized carbons (Fsp3) is 0.667. The highest BCUT2D eigenvalue weighted by Gasteiger charge is 2.33. The quantitative estimate of drug-likeness (QED) is 0.343. The normalized spacial score (nSPS) is 14.3. The smallest absolute Gasteiger partial charge is 0.474 e. The lowest BCUT2D eigenvalue weighted by molar-refractivity contribution is -0.188. The summed E-state index contributed by atoms with van der Waals surface area (Å²) in [5.41, 5.74) is 0. The van der Waals surface area contributed by atoms with Crippen LogP contribution in [-0.2, 0) is 27.9 Å². The topological polar surface area (TPSA) is 140 Å². The highest BCUT2D eigenvalue weighted by molar-refractivity contribution is 7.47. The number of aliphatic carboxylic acids is 2. The number of ether oxygens (including phenoxy) is 1. The van der Waals surface area contributed by atoms with E-state index < -0.39 is 25.5 Å². The van der Waals surface area contributed by atoms with Crippen LogP contribution in [0.25, 0.3) is 0 Å². The number of hydrogen-bond donors (Lipinski definition) is 3. The molecule has 0 rings (SSSR count). The van der Waals surface area contributed by atoms with E-state index in [1.807, 2.05) is 13.8 Å². The second kappa shape index (κ2) is 10.5. The van der Waals surface area contributed by atoms with Crippen molar-refractivity contribution < 1.29 is 43.0 Å². The van der Waals surface area contributed by atoms with Gasteiger partial charge in [0.2, 0.25) is 0 Å². The molecule has 0 saturated heterocycles. The Kier molecular flexibility index (Phi) is 11.0. The third-order valence-corrected chi connectivity index (χ3v) is 2.77. The maximum Gasteiger partial charge on any atom is 0.474 e. The minimum absolute atomic E-state index is 0.0911. The van der Waals surface area contributed by atoms with Gasteiger partial charge in [-0.25, -0.2) is 14.2 Å². The summed E-state index contributed by atoms with van der Waals surface area (Å²) >= 11 is 0. The van der Waals surface area contributed by atoms with Gasteiger partial charge < -0.3 is 19.8 Å². The first kappa shape index (κ1) is 23.0. The van der Waals surface area contributed by atoms with Crippen LogP contribution in [0.1, 0.15) is 34.6 Å². The molecular formula is C12H23O9P. The van der Waals surface area contributed by atoms with Crippen molar-refractivity contribution in [3.8, 4) is 0 Å². The molecule has 1 unspecified atom stereocenters. The molecule has 0 saturated carbocycles. The van der Waals surface area contributed by atoms with E-state index in [0.29, 0.717) is 12.2 Å². The van der Waals surface area contributed by atoms with E-state index in [4.69, 9.17) is 19.5 Å². The van der Waals surface area contributed by atoms with Gasteiger partial charge in [0.25, 0.3) is 0 Å². The van der Waals surface area contributed by atoms with E-state index in [9.17, 15) is 19.0 Å². The first-order valence-corrected chi connectivity index (χ1v) is 7.80. The van der Waals surface area contributed by atoms with Crippen LogP contribution in [-0.4, -0.2) is 45.5 Å². The predicted octanol–water partition coefficient (Wildman–Crippen LogP) is 2.01. The van der Waals surface area contributed by atoms with Crippen LogP contribution in [0.5, 0.6) is 0 Å². The van der Waals surface area contributed by atoms with Gasteiger partial charge in [0.05, 0.1) is 12.7 Å². The summed E-state index contributed by atoms with van der Waals surface area (Å²) in [4.78, 5) is 28.3. The largest absolute Gasteiger partial charge is 0.478 e. The highest BCUT2D eigenvalue weighted by atomic mass is 31.2. The maximum atomic E-state index is 11.2. The van der Waals surface area contributed by atoms with Crippen molar-refractivity contribution in [3.63, 3.8) is 0 Å². The molecule has 0 aliphatic carbocycles. The SMILES string of the molecule is CCOP(=O)(O)OC(C)(C)OC(C)C.O=C(O)/C=C/C(=O)O. The Morgan fingerprint density at radius 1 is 1.18 bits per heavy atom. The molecule has 0 fully saturated rings. The lowest BCUT2D eigenvalue weighted by atomic mass is 10.3. The van der Waals surface area contributed by atoms with Crippen LogP contribution in [0.3, 0.4) is 0 Å². The molecule has 0 amide bonds. The number of carboxylic acid groups (broad SMARTS) is 2. The molecule has 3 N–H and O–H groups in total. The lowest BCUT2D eigenvalue weighted by Gasteiger charge is -2.28. The van der Waals surface area contributed by atoms with E-state index in [1.54, 1.807) is 20.8 Å². The molecule has 0 aromatic heterocycles. The number of carboxylic acids is 2. The third kappa shape index (κ3) is 16.8. The van der Waals surface area contributed by atoms with Gasteiger partial charge in [0.1, 0.15) is 0 Å². The van der Waals surface area contributed by atoms with Crippen LogP contribution in [0.4, 0.5) is 0 Å². The minimum Gasteiger partial charge on any atom is -0.478 e. The van der Waals surface area contributed by atoms with E-state index in [2.05, 4.69) is 4.52 Å². The average Bonchev–Trinajstić information content (AvgIpc) is 2.23. The number of hydrogen-bond acceptors (Lipinski definition) is 6. The van der Waals surface area contributed by atoms with Crippen LogP contribution in [0.15, 0.2) is 12.2 Å². The predicted molar refractivity (Wildman–Crippen MR) is 77.2 cm³/mol. The van der Waals surface area contributed by atoms with Gasteiger partial charge in [0.15, 0.2) is 5.79 Å². The Bertz CT molecular complexity index is 412. The lowest BCUT2D eigenvalue weighted by Crippen LogP contribution is -2.30. The molecule has 0 aliphatic rings. The molecule has 0 heterocycles. The third-order valence-electron chi connectivity index (χ3n) is 1.52. The van der Waals surface area contributed by atoms with Crippen LogP contribution in [0.2, 0.25) is 0 Å². The van der Waals surface area contributed by atoms with Crippen molar-refractivity contribution in [1.29, 1.82) is 0 Å². The van der Waals surface area contributed by atoms with Gasteiger partial charge in [-0.15, -0.1) is 0 Å². The molecule has 0 spiro atoms. The van der Waals surface area contributed by atoms with Crippen molar-refractivity contribution in [2.45, 2.75) is 46.5 Å². The van der Waals surface area contributed by atoms with Gasteiger partial charge in [0, 0.05) is 12.2 Å². The van der Waals surface area contributed by atoms with Crippen LogP contribution in [0, 0.1) is 0 Å². The summed E-state index contributed by atoms with van der Waals surface area (Å²) in [6, 6.07) is 0. The molecule has 22 heavy (non-hydrogen) atoms. The van der Waals surface area contributed by atoms with Crippen LogP contribution >= 0.6 is 7.82 Å². The number of carbonyl (C=O) groups is 2. The Morgan fingerprint density at radius 2 is 1.59 bits per heavy atom. The molecule has 0 aromatic rings. The van der Waals surface area contributed by atoms with Gasteiger partial charge in [-0.1, -0.05) is 0 Å². The summed E-state index contributed by atoms with van der Waals surface area (Å²) < 4.78 is 25.9. The summed E-state index contributed by atoms with van der Waals surface area (Å²) in [7, 11) is -4.00. The second-order valence-corrected chi connectivity index (χ2v) is 5.93.